The molecule has 0 aromatic heterocycles. The fraction of sp³-hybridized carbons (Fsp3) is 0.500. The summed E-state index contributed by atoms with van der Waals surface area (Å²) in [5.74, 6) is -0.322. The van der Waals surface area contributed by atoms with Gasteiger partial charge in [0.1, 0.15) is 11.8 Å². The highest BCUT2D eigenvalue weighted by Gasteiger charge is 2.45. The second-order valence-corrected chi connectivity index (χ2v) is 11.5. The quantitative estimate of drug-likeness (QED) is 0.409. The third-order valence-corrected chi connectivity index (χ3v) is 8.32. The number of hydrogen-bond acceptors (Lipinski definition) is 6. The van der Waals surface area contributed by atoms with Crippen LogP contribution in [-0.2, 0) is 31.8 Å². The number of carbonyl (C=O) groups is 2. The normalized spacial score (nSPS) is 19.0. The van der Waals surface area contributed by atoms with Crippen molar-refractivity contribution in [2.24, 2.45) is 0 Å². The molecular formula is C28H34BCl2NO6. The SMILES string of the molecule is COC(=O)C(Cc1ccc(B2CCOC(C)(C)C(C)(C)O2)c2c1CCCO2)NC(=O)c1c(Cl)cccc1Cl. The molecular weight excluding hydrogens is 528 g/mol. The monoisotopic (exact) mass is 561 g/mol. The maximum atomic E-state index is 13.1. The van der Waals surface area contributed by atoms with Crippen LogP contribution in [0.5, 0.6) is 5.75 Å². The smallest absolute Gasteiger partial charge is 0.333 e. The number of hydrogen-bond donors (Lipinski definition) is 1. The van der Waals surface area contributed by atoms with E-state index in [0.717, 1.165) is 35.2 Å². The van der Waals surface area contributed by atoms with Crippen LogP contribution >= 0.6 is 23.2 Å². The van der Waals surface area contributed by atoms with Crippen LogP contribution in [0, 0.1) is 0 Å². The average molecular weight is 562 g/mol. The number of rotatable bonds is 6. The highest BCUT2D eigenvalue weighted by molar-refractivity contribution is 6.68. The van der Waals surface area contributed by atoms with Gasteiger partial charge in [0.2, 0.25) is 0 Å². The Morgan fingerprint density at radius 3 is 2.47 bits per heavy atom. The number of halogens is 2. The molecule has 38 heavy (non-hydrogen) atoms. The summed E-state index contributed by atoms with van der Waals surface area (Å²) in [5.41, 5.74) is 2.03. The Labute approximate surface area is 234 Å². The first kappa shape index (κ1) is 28.7. The number of methoxy groups -OCH3 is 1. The van der Waals surface area contributed by atoms with E-state index in [1.54, 1.807) is 18.2 Å². The molecule has 1 fully saturated rings. The minimum atomic E-state index is -0.945. The zero-order chi connectivity index (χ0) is 27.7. The highest BCUT2D eigenvalue weighted by atomic mass is 35.5. The van der Waals surface area contributed by atoms with E-state index in [4.69, 9.17) is 42.1 Å². The molecule has 0 bridgehead atoms. The minimum absolute atomic E-state index is 0.115. The van der Waals surface area contributed by atoms with Gasteiger partial charge in [0.25, 0.3) is 5.91 Å². The van der Waals surface area contributed by atoms with Gasteiger partial charge in [0, 0.05) is 13.0 Å². The van der Waals surface area contributed by atoms with Crippen molar-refractivity contribution in [3.05, 3.63) is 57.1 Å². The molecule has 7 nitrogen and oxygen atoms in total. The lowest BCUT2D eigenvalue weighted by Gasteiger charge is -2.40. The minimum Gasteiger partial charge on any atom is -0.494 e. The molecule has 0 aliphatic carbocycles. The number of benzene rings is 2. The number of nitrogens with one attached hydrogen (secondary N) is 1. The fourth-order valence-corrected chi connectivity index (χ4v) is 5.44. The molecule has 1 atom stereocenters. The topological polar surface area (TPSA) is 83.1 Å². The lowest BCUT2D eigenvalue weighted by Crippen LogP contribution is -2.52. The molecule has 1 saturated heterocycles. The van der Waals surface area contributed by atoms with Crippen molar-refractivity contribution in [3.8, 4) is 5.75 Å². The summed E-state index contributed by atoms with van der Waals surface area (Å²) in [6, 6.07) is 7.84. The summed E-state index contributed by atoms with van der Waals surface area (Å²) >= 11 is 12.4. The molecule has 2 aromatic carbocycles. The first-order valence-electron chi connectivity index (χ1n) is 12.9. The van der Waals surface area contributed by atoms with Gasteiger partial charge in [-0.25, -0.2) is 4.79 Å². The Hall–Kier alpha value is -2.26. The number of carbonyl (C=O) groups excluding carboxylic acids is 2. The summed E-state index contributed by atoms with van der Waals surface area (Å²) in [6.07, 6.45) is 2.55. The summed E-state index contributed by atoms with van der Waals surface area (Å²) in [7, 11) is 1.29. The molecule has 4 rings (SSSR count). The Bertz CT molecular complexity index is 1200. The largest absolute Gasteiger partial charge is 0.494 e. The van der Waals surface area contributed by atoms with Gasteiger partial charge in [-0.1, -0.05) is 41.4 Å². The maximum absolute atomic E-state index is 13.1. The van der Waals surface area contributed by atoms with Gasteiger partial charge in [-0.2, -0.15) is 0 Å². The molecule has 2 aliphatic heterocycles. The third-order valence-electron chi connectivity index (χ3n) is 7.69. The van der Waals surface area contributed by atoms with E-state index >= 15 is 0 Å². The van der Waals surface area contributed by atoms with Crippen LogP contribution in [0.1, 0.15) is 55.6 Å². The predicted octanol–water partition coefficient (Wildman–Crippen LogP) is 4.64. The van der Waals surface area contributed by atoms with Gasteiger partial charge in [-0.15, -0.1) is 0 Å². The van der Waals surface area contributed by atoms with E-state index < -0.39 is 29.1 Å². The van der Waals surface area contributed by atoms with Crippen LogP contribution in [0.25, 0.3) is 0 Å². The lowest BCUT2D eigenvalue weighted by molar-refractivity contribution is -0.142. The van der Waals surface area contributed by atoms with Gasteiger partial charge >= 0.3 is 12.9 Å². The average Bonchev–Trinajstić information content (AvgIpc) is 2.97. The summed E-state index contributed by atoms with van der Waals surface area (Å²) in [6.45, 7) is 9.14. The van der Waals surface area contributed by atoms with E-state index in [2.05, 4.69) is 5.32 Å². The van der Waals surface area contributed by atoms with Gasteiger partial charge in [-0.05, 0) is 75.6 Å². The van der Waals surface area contributed by atoms with Crippen LogP contribution in [0.4, 0.5) is 0 Å². The highest BCUT2D eigenvalue weighted by Crippen LogP contribution is 2.35. The zero-order valence-electron chi connectivity index (χ0n) is 22.5. The van der Waals surface area contributed by atoms with E-state index in [0.29, 0.717) is 19.5 Å². The van der Waals surface area contributed by atoms with E-state index in [9.17, 15) is 9.59 Å². The van der Waals surface area contributed by atoms with Crippen molar-refractivity contribution in [2.45, 2.75) is 70.5 Å². The van der Waals surface area contributed by atoms with E-state index in [1.807, 2.05) is 39.8 Å². The summed E-state index contributed by atoms with van der Waals surface area (Å²) in [4.78, 5) is 25.8. The Morgan fingerprint density at radius 1 is 1.08 bits per heavy atom. The summed E-state index contributed by atoms with van der Waals surface area (Å²) in [5, 5.41) is 3.16. The number of esters is 1. The Morgan fingerprint density at radius 2 is 1.79 bits per heavy atom. The van der Waals surface area contributed by atoms with Crippen molar-refractivity contribution < 1.29 is 28.5 Å². The third kappa shape index (κ3) is 5.84. The number of fused-ring (bicyclic) bond motifs is 1. The fourth-order valence-electron chi connectivity index (χ4n) is 4.87. The summed E-state index contributed by atoms with van der Waals surface area (Å²) < 4.78 is 24.0. The molecule has 10 heteroatoms. The van der Waals surface area contributed by atoms with Crippen LogP contribution in [-0.4, -0.2) is 56.4 Å². The second-order valence-electron chi connectivity index (χ2n) is 10.7. The Kier molecular flexibility index (Phi) is 8.67. The number of ether oxygens (including phenoxy) is 3. The first-order valence-corrected chi connectivity index (χ1v) is 13.6. The lowest BCUT2D eigenvalue weighted by atomic mass is 9.56. The van der Waals surface area contributed by atoms with Crippen molar-refractivity contribution in [1.82, 2.24) is 5.32 Å². The van der Waals surface area contributed by atoms with Crippen LogP contribution < -0.4 is 15.5 Å². The molecule has 0 saturated carbocycles. The first-order chi connectivity index (χ1) is 17.9. The van der Waals surface area contributed by atoms with Crippen molar-refractivity contribution in [3.63, 3.8) is 0 Å². The van der Waals surface area contributed by atoms with Crippen molar-refractivity contribution in [1.29, 1.82) is 0 Å². The van der Waals surface area contributed by atoms with Gasteiger partial charge in [0.15, 0.2) is 0 Å². The molecule has 204 valence electrons. The van der Waals surface area contributed by atoms with Crippen LogP contribution in [0.3, 0.4) is 0 Å². The maximum Gasteiger partial charge on any atom is 0.333 e. The standard InChI is InChI=1S/C28H34BCl2NO6/c1-27(2)28(3,4)38-29(13-15-37-27)19-12-11-17(18-8-7-14-36-24(18)19)16-22(26(34)35-5)32-25(33)23-20(30)9-6-10-21(23)31/h6,9-12,22H,7-8,13-16H2,1-5H3,(H,32,33). The molecule has 2 heterocycles. The molecule has 1 unspecified atom stereocenters. The van der Waals surface area contributed by atoms with Gasteiger partial charge in [-0.3, -0.25) is 4.79 Å². The molecule has 2 aromatic rings. The van der Waals surface area contributed by atoms with Crippen molar-refractivity contribution >= 4 is 47.5 Å². The van der Waals surface area contributed by atoms with Crippen LogP contribution in [0.15, 0.2) is 30.3 Å². The predicted molar refractivity (Wildman–Crippen MR) is 149 cm³/mol. The Balaban J connectivity index is 1.64. The molecule has 0 spiro atoms. The number of amides is 1. The van der Waals surface area contributed by atoms with E-state index in [1.165, 1.54) is 7.11 Å². The molecule has 1 N–H and O–H groups in total. The molecule has 1 amide bonds. The van der Waals surface area contributed by atoms with Crippen LogP contribution in [0.2, 0.25) is 16.4 Å². The molecule has 0 radical (unpaired) electrons. The van der Waals surface area contributed by atoms with Crippen molar-refractivity contribution in [2.75, 3.05) is 20.3 Å². The second kappa shape index (κ2) is 11.5. The molecule has 2 aliphatic rings. The van der Waals surface area contributed by atoms with Gasteiger partial charge < -0.3 is 24.2 Å². The zero-order valence-corrected chi connectivity index (χ0v) is 24.0. The van der Waals surface area contributed by atoms with E-state index in [-0.39, 0.29) is 28.9 Å². The van der Waals surface area contributed by atoms with Gasteiger partial charge in [0.05, 0.1) is 40.5 Å².